The molecule has 4 atom stereocenters. The molecule has 0 aromatic carbocycles. The minimum Gasteiger partial charge on any atom is -0.416 e. The maximum absolute atomic E-state index is 11.6. The lowest BCUT2D eigenvalue weighted by Gasteiger charge is -2.38. The van der Waals surface area contributed by atoms with E-state index in [4.69, 9.17) is 20.5 Å². The molecule has 8 nitrogen and oxygen atoms in total. The molecule has 2 aromatic heterocycles. The van der Waals surface area contributed by atoms with Crippen LogP contribution in [0.1, 0.15) is 67.9 Å². The van der Waals surface area contributed by atoms with Gasteiger partial charge in [0.2, 0.25) is 9.04 Å². The summed E-state index contributed by atoms with van der Waals surface area (Å²) in [7, 11) is -4.15. The first-order chi connectivity index (χ1) is 15.9. The minimum atomic E-state index is -3.11. The van der Waals surface area contributed by atoms with Gasteiger partial charge in [-0.2, -0.15) is 0 Å². The van der Waals surface area contributed by atoms with Gasteiger partial charge in [0, 0.05) is 12.5 Å². The van der Waals surface area contributed by atoms with Crippen molar-refractivity contribution in [3.05, 3.63) is 17.8 Å². The number of fused-ring (bicyclic) bond motifs is 1. The molecule has 1 saturated carbocycles. The number of hydrogen-bond acceptors (Lipinski definition) is 7. The van der Waals surface area contributed by atoms with Crippen LogP contribution in [-0.4, -0.2) is 65.8 Å². The molecule has 191 valence electrons. The molecular formula is C23H40ClN4O4Si2. The first-order valence-electron chi connectivity index (χ1n) is 12.3. The zero-order valence-electron chi connectivity index (χ0n) is 21.6. The second-order valence-corrected chi connectivity index (χ2v) is 18.5. The van der Waals surface area contributed by atoms with Crippen molar-refractivity contribution >= 4 is 40.4 Å². The van der Waals surface area contributed by atoms with Crippen molar-refractivity contribution in [2.45, 2.75) is 102 Å². The van der Waals surface area contributed by atoms with Crippen LogP contribution in [-0.2, 0) is 8.85 Å². The van der Waals surface area contributed by atoms with Gasteiger partial charge in [-0.15, -0.1) is 0 Å². The van der Waals surface area contributed by atoms with E-state index >= 15 is 0 Å². The summed E-state index contributed by atoms with van der Waals surface area (Å²) in [5, 5.41) is 11.8. The van der Waals surface area contributed by atoms with Crippen molar-refractivity contribution in [1.82, 2.24) is 19.5 Å². The highest BCUT2D eigenvalue weighted by atomic mass is 35.5. The Balaban J connectivity index is 1.94. The molecule has 1 aliphatic rings. The van der Waals surface area contributed by atoms with E-state index in [1.807, 2.05) is 32.3 Å². The van der Waals surface area contributed by atoms with Crippen LogP contribution in [0.25, 0.3) is 11.2 Å². The van der Waals surface area contributed by atoms with E-state index in [1.165, 1.54) is 6.33 Å². The summed E-state index contributed by atoms with van der Waals surface area (Å²) in [5.41, 5.74) is 2.02. The molecule has 11 heteroatoms. The lowest BCUT2D eigenvalue weighted by molar-refractivity contribution is -0.00821. The van der Waals surface area contributed by atoms with Crippen LogP contribution in [0.15, 0.2) is 12.7 Å². The van der Waals surface area contributed by atoms with Gasteiger partial charge in [-0.3, -0.25) is 0 Å². The summed E-state index contributed by atoms with van der Waals surface area (Å²) in [4.78, 5) is 24.3. The van der Waals surface area contributed by atoms with Gasteiger partial charge >= 0.3 is 8.56 Å². The fourth-order valence-corrected chi connectivity index (χ4v) is 10.3. The monoisotopic (exact) mass is 527 g/mol. The molecule has 0 bridgehead atoms. The molecular weight excluding hydrogens is 488 g/mol. The van der Waals surface area contributed by atoms with Gasteiger partial charge in [0.15, 0.2) is 10.8 Å². The number of nitrogens with zero attached hydrogens (tertiary/aromatic N) is 4. The second kappa shape index (κ2) is 11.0. The molecule has 1 unspecified atom stereocenters. The maximum atomic E-state index is 11.6. The molecule has 0 amide bonds. The summed E-state index contributed by atoms with van der Waals surface area (Å²) in [6, 6.07) is -0.319. The fourth-order valence-electron chi connectivity index (χ4n) is 5.11. The fraction of sp³-hybridized carbons (Fsp3) is 0.783. The Bertz CT molecular complexity index is 942. The number of aromatic nitrogens is 4. The Kier molecular flexibility index (Phi) is 8.98. The highest BCUT2D eigenvalue weighted by Crippen LogP contribution is 2.43. The minimum absolute atomic E-state index is 0.00751. The summed E-state index contributed by atoms with van der Waals surface area (Å²) in [5.74, 6) is -0.0659. The van der Waals surface area contributed by atoms with E-state index in [1.54, 1.807) is 6.33 Å². The largest absolute Gasteiger partial charge is 0.416 e. The Hall–Kier alpha value is -0.886. The molecule has 1 fully saturated rings. The van der Waals surface area contributed by atoms with E-state index in [9.17, 15) is 9.90 Å². The molecule has 1 radical (unpaired) electrons. The van der Waals surface area contributed by atoms with E-state index in [2.05, 4.69) is 42.6 Å². The molecule has 2 N–H and O–H groups in total. The zero-order chi connectivity index (χ0) is 25.4. The van der Waals surface area contributed by atoms with E-state index in [0.717, 1.165) is 0 Å². The van der Waals surface area contributed by atoms with Crippen LogP contribution >= 0.6 is 11.6 Å². The van der Waals surface area contributed by atoms with Gasteiger partial charge in [0.25, 0.3) is 0 Å². The molecule has 34 heavy (non-hydrogen) atoms. The molecule has 1 aliphatic carbocycles. The van der Waals surface area contributed by atoms with Crippen LogP contribution in [0.5, 0.6) is 0 Å². The summed E-state index contributed by atoms with van der Waals surface area (Å²) in [6.45, 7) is 17.3. The number of halogens is 1. The highest BCUT2D eigenvalue weighted by molar-refractivity contribution is 6.68. The Morgan fingerprint density at radius 3 is 2.26 bits per heavy atom. The average Bonchev–Trinajstić information content (AvgIpc) is 3.30. The quantitative estimate of drug-likeness (QED) is 0.335. The van der Waals surface area contributed by atoms with Crippen molar-refractivity contribution in [3.8, 4) is 0 Å². The first-order valence-corrected chi connectivity index (χ1v) is 16.2. The van der Waals surface area contributed by atoms with Crippen LogP contribution < -0.4 is 0 Å². The molecule has 2 aromatic rings. The van der Waals surface area contributed by atoms with Crippen molar-refractivity contribution < 1.29 is 18.8 Å². The number of aliphatic hydroxyl groups excluding tert-OH is 1. The SMILES string of the molecule is CC(C)[Si](OCC1C[C@@H](n2cnc3c(Cl)ncnc32)[C@@H](O)[C@@H]1O[Si](O)(C(C)C)C(C)C)C(C)C. The van der Waals surface area contributed by atoms with Crippen molar-refractivity contribution in [2.24, 2.45) is 5.92 Å². The Labute approximate surface area is 211 Å². The number of imidazole rings is 1. The lowest BCUT2D eigenvalue weighted by Crippen LogP contribution is -2.51. The second-order valence-electron chi connectivity index (χ2n) is 10.7. The zero-order valence-corrected chi connectivity index (χ0v) is 24.3. The van der Waals surface area contributed by atoms with Gasteiger partial charge in [-0.1, -0.05) is 67.0 Å². The van der Waals surface area contributed by atoms with E-state index in [-0.39, 0.29) is 28.2 Å². The molecule has 0 aliphatic heterocycles. The van der Waals surface area contributed by atoms with E-state index in [0.29, 0.717) is 35.3 Å². The molecule has 3 rings (SSSR count). The lowest BCUT2D eigenvalue weighted by atomic mass is 10.1. The first kappa shape index (κ1) is 27.7. The van der Waals surface area contributed by atoms with Crippen molar-refractivity contribution in [2.75, 3.05) is 6.61 Å². The predicted octanol–water partition coefficient (Wildman–Crippen LogP) is 4.87. The number of rotatable bonds is 10. The highest BCUT2D eigenvalue weighted by Gasteiger charge is 2.51. The summed E-state index contributed by atoms with van der Waals surface area (Å²) in [6.07, 6.45) is 2.31. The van der Waals surface area contributed by atoms with Gasteiger partial charge < -0.3 is 23.3 Å². The number of hydrogen-bond donors (Lipinski definition) is 2. The summed E-state index contributed by atoms with van der Waals surface area (Å²) >= 11 is 6.21. The number of aliphatic hydroxyl groups is 1. The van der Waals surface area contributed by atoms with Crippen LogP contribution in [0, 0.1) is 5.92 Å². The van der Waals surface area contributed by atoms with Crippen molar-refractivity contribution in [3.63, 3.8) is 0 Å². The average molecular weight is 528 g/mol. The molecule has 2 heterocycles. The van der Waals surface area contributed by atoms with Gasteiger partial charge in [0.1, 0.15) is 17.9 Å². The molecule has 0 spiro atoms. The van der Waals surface area contributed by atoms with Crippen LogP contribution in [0.4, 0.5) is 0 Å². The van der Waals surface area contributed by atoms with Crippen LogP contribution in [0.2, 0.25) is 27.3 Å². The van der Waals surface area contributed by atoms with Crippen LogP contribution in [0.3, 0.4) is 0 Å². The molecule has 0 saturated heterocycles. The van der Waals surface area contributed by atoms with Crippen molar-refractivity contribution in [1.29, 1.82) is 0 Å². The Morgan fingerprint density at radius 1 is 1.09 bits per heavy atom. The third-order valence-corrected chi connectivity index (χ3v) is 14.0. The standard InChI is InChI=1S/C23H40ClN4O4Si2/c1-13(2)33(14(3)4)31-10-17-9-18(28-12-27-19-22(24)25-11-26-23(19)28)20(29)21(17)32-34(30,15(5)6)16(7)8/h11-18,20-21,29-30H,9-10H2,1-8H3/t17?,18-,20-,21-/m1/s1. The van der Waals surface area contributed by atoms with Gasteiger partial charge in [0.05, 0.1) is 18.5 Å². The van der Waals surface area contributed by atoms with Gasteiger partial charge in [-0.05, 0) is 28.6 Å². The topological polar surface area (TPSA) is 103 Å². The summed E-state index contributed by atoms with van der Waals surface area (Å²) < 4.78 is 14.9. The maximum Gasteiger partial charge on any atom is 0.341 e. The normalized spacial score (nSPS) is 24.1. The smallest absolute Gasteiger partial charge is 0.341 e. The van der Waals surface area contributed by atoms with E-state index < -0.39 is 29.8 Å². The third kappa shape index (κ3) is 5.43. The Morgan fingerprint density at radius 2 is 1.71 bits per heavy atom. The van der Waals surface area contributed by atoms with Gasteiger partial charge in [-0.25, -0.2) is 15.0 Å². The predicted molar refractivity (Wildman–Crippen MR) is 138 cm³/mol. The third-order valence-electron chi connectivity index (χ3n) is 6.99.